The second-order valence-corrected chi connectivity index (χ2v) is 6.34. The third kappa shape index (κ3) is 5.76. The number of benzene rings is 2. The number of hydrogen-bond acceptors (Lipinski definition) is 5. The first-order valence-electron chi connectivity index (χ1n) is 7.67. The van der Waals surface area contributed by atoms with E-state index in [1.165, 1.54) is 13.2 Å². The maximum atomic E-state index is 12.1. The number of ether oxygens (including phenoxy) is 3. The normalized spacial score (nSPS) is 9.92. The summed E-state index contributed by atoms with van der Waals surface area (Å²) in [6, 6.07) is 11.9. The fourth-order valence-corrected chi connectivity index (χ4v) is 2.37. The average molecular weight is 467 g/mol. The minimum atomic E-state index is -0.628. The van der Waals surface area contributed by atoms with Crippen molar-refractivity contribution in [3.05, 3.63) is 64.3 Å². The fourth-order valence-electron chi connectivity index (χ4n) is 2.01. The highest BCUT2D eigenvalue weighted by Gasteiger charge is 2.14. The van der Waals surface area contributed by atoms with Gasteiger partial charge in [-0.3, -0.25) is 4.79 Å². The fraction of sp³-hybridized carbons (Fsp3) is 0.158. The maximum Gasteiger partial charge on any atom is 0.338 e. The lowest BCUT2D eigenvalue weighted by Crippen LogP contribution is -2.21. The molecular weight excluding hydrogens is 449 g/mol. The van der Waals surface area contributed by atoms with Crippen LogP contribution >= 0.6 is 22.6 Å². The van der Waals surface area contributed by atoms with Gasteiger partial charge in [0.1, 0.15) is 6.61 Å². The summed E-state index contributed by atoms with van der Waals surface area (Å²) in [5.41, 5.74) is 0.895. The van der Waals surface area contributed by atoms with E-state index in [9.17, 15) is 9.59 Å². The number of esters is 1. The zero-order chi connectivity index (χ0) is 18.9. The van der Waals surface area contributed by atoms with E-state index in [0.29, 0.717) is 23.8 Å². The van der Waals surface area contributed by atoms with Crippen LogP contribution in [0.4, 0.5) is 5.69 Å². The van der Waals surface area contributed by atoms with Crippen molar-refractivity contribution in [1.29, 1.82) is 0 Å². The predicted molar refractivity (Wildman–Crippen MR) is 107 cm³/mol. The Hall–Kier alpha value is -2.55. The quantitative estimate of drug-likeness (QED) is 0.365. The predicted octanol–water partition coefficient (Wildman–Crippen LogP) is 3.66. The molecule has 0 bridgehead atoms. The Morgan fingerprint density at radius 1 is 1.15 bits per heavy atom. The molecule has 0 aliphatic carbocycles. The molecule has 0 saturated carbocycles. The molecule has 6 nitrogen and oxygen atoms in total. The molecule has 0 radical (unpaired) electrons. The smallest absolute Gasteiger partial charge is 0.338 e. The molecule has 0 fully saturated rings. The van der Waals surface area contributed by atoms with E-state index in [1.54, 1.807) is 30.3 Å². The van der Waals surface area contributed by atoms with E-state index >= 15 is 0 Å². The largest absolute Gasteiger partial charge is 0.493 e. The molecule has 7 heteroatoms. The van der Waals surface area contributed by atoms with Gasteiger partial charge < -0.3 is 19.5 Å². The summed E-state index contributed by atoms with van der Waals surface area (Å²) in [5.74, 6) is -0.168. The molecule has 0 spiro atoms. The Balaban J connectivity index is 1.93. The molecule has 0 aromatic heterocycles. The van der Waals surface area contributed by atoms with Gasteiger partial charge in [-0.15, -0.1) is 0 Å². The highest BCUT2D eigenvalue weighted by Crippen LogP contribution is 2.28. The van der Waals surface area contributed by atoms with E-state index in [-0.39, 0.29) is 12.2 Å². The number of anilines is 1. The molecule has 26 heavy (non-hydrogen) atoms. The highest BCUT2D eigenvalue weighted by molar-refractivity contribution is 14.1. The summed E-state index contributed by atoms with van der Waals surface area (Å²) >= 11 is 2.17. The molecule has 2 aromatic rings. The van der Waals surface area contributed by atoms with Gasteiger partial charge in [-0.05, 0) is 65.1 Å². The van der Waals surface area contributed by atoms with Crippen LogP contribution in [0.25, 0.3) is 0 Å². The van der Waals surface area contributed by atoms with Gasteiger partial charge in [-0.25, -0.2) is 4.79 Å². The maximum absolute atomic E-state index is 12.1. The Morgan fingerprint density at radius 2 is 1.88 bits per heavy atom. The molecule has 0 unspecified atom stereocenters. The van der Waals surface area contributed by atoms with E-state index in [1.807, 2.05) is 12.1 Å². The van der Waals surface area contributed by atoms with Gasteiger partial charge in [-0.1, -0.05) is 12.7 Å². The number of rotatable bonds is 8. The zero-order valence-corrected chi connectivity index (χ0v) is 16.3. The van der Waals surface area contributed by atoms with Gasteiger partial charge in [0.05, 0.1) is 12.7 Å². The molecule has 1 amide bonds. The van der Waals surface area contributed by atoms with Gasteiger partial charge in [0.15, 0.2) is 18.1 Å². The number of methoxy groups -OCH3 is 1. The minimum Gasteiger partial charge on any atom is -0.493 e. The summed E-state index contributed by atoms with van der Waals surface area (Å²) < 4.78 is 16.7. The van der Waals surface area contributed by atoms with E-state index in [0.717, 1.165) is 3.57 Å². The van der Waals surface area contributed by atoms with Crippen LogP contribution in [-0.2, 0) is 9.53 Å². The minimum absolute atomic E-state index is 0.259. The lowest BCUT2D eigenvalue weighted by Gasteiger charge is -2.11. The van der Waals surface area contributed by atoms with Gasteiger partial charge in [-0.2, -0.15) is 0 Å². The molecule has 0 heterocycles. The number of halogens is 1. The van der Waals surface area contributed by atoms with E-state index < -0.39 is 11.9 Å². The van der Waals surface area contributed by atoms with E-state index in [4.69, 9.17) is 14.2 Å². The molecule has 1 N–H and O–H groups in total. The summed E-state index contributed by atoms with van der Waals surface area (Å²) in [7, 11) is 1.47. The van der Waals surface area contributed by atoms with Crippen LogP contribution < -0.4 is 14.8 Å². The van der Waals surface area contributed by atoms with Crippen molar-refractivity contribution in [3.63, 3.8) is 0 Å². The third-order valence-electron chi connectivity index (χ3n) is 3.22. The first-order valence-corrected chi connectivity index (χ1v) is 8.75. The molecule has 0 aliphatic rings. The number of carbonyl (C=O) groups is 2. The average Bonchev–Trinajstić information content (AvgIpc) is 2.66. The zero-order valence-electron chi connectivity index (χ0n) is 14.2. The monoisotopic (exact) mass is 467 g/mol. The Labute approximate surface area is 165 Å². The number of hydrogen-bond donors (Lipinski definition) is 1. The number of carbonyl (C=O) groups excluding carboxylic acids is 2. The molecule has 0 atom stereocenters. The van der Waals surface area contributed by atoms with Crippen molar-refractivity contribution in [3.8, 4) is 11.5 Å². The van der Waals surface area contributed by atoms with Gasteiger partial charge in [0.2, 0.25) is 0 Å². The second kappa shape index (κ2) is 9.81. The van der Waals surface area contributed by atoms with Crippen molar-refractivity contribution in [2.75, 3.05) is 25.6 Å². The van der Waals surface area contributed by atoms with Crippen LogP contribution in [0.2, 0.25) is 0 Å². The lowest BCUT2D eigenvalue weighted by atomic mass is 10.2. The third-order valence-corrected chi connectivity index (χ3v) is 3.94. The van der Waals surface area contributed by atoms with E-state index in [2.05, 4.69) is 34.5 Å². The summed E-state index contributed by atoms with van der Waals surface area (Å²) in [6.07, 6.45) is 1.61. The van der Waals surface area contributed by atoms with Crippen LogP contribution in [0.5, 0.6) is 11.5 Å². The SMILES string of the molecule is C=CCOc1ccc(C(=O)OCC(=O)Nc2ccc(I)cc2)cc1OC. The standard InChI is InChI=1S/C19H18INO5/c1-3-10-25-16-9-4-13(11-17(16)24-2)19(23)26-12-18(22)21-15-7-5-14(20)6-8-15/h3-9,11H,1,10,12H2,2H3,(H,21,22). The van der Waals surface area contributed by atoms with Crippen molar-refractivity contribution >= 4 is 40.2 Å². The van der Waals surface area contributed by atoms with Gasteiger partial charge >= 0.3 is 5.97 Å². The number of nitrogens with one attached hydrogen (secondary N) is 1. The van der Waals surface area contributed by atoms with Crippen molar-refractivity contribution in [2.45, 2.75) is 0 Å². The molecule has 2 aromatic carbocycles. The van der Waals surface area contributed by atoms with Crippen molar-refractivity contribution < 1.29 is 23.8 Å². The summed E-state index contributed by atoms with van der Waals surface area (Å²) in [4.78, 5) is 24.0. The topological polar surface area (TPSA) is 73.9 Å². The van der Waals surface area contributed by atoms with Gasteiger partial charge in [0, 0.05) is 9.26 Å². The van der Waals surface area contributed by atoms with Gasteiger partial charge in [0.25, 0.3) is 5.91 Å². The Morgan fingerprint density at radius 3 is 2.54 bits per heavy atom. The lowest BCUT2D eigenvalue weighted by molar-refractivity contribution is -0.119. The second-order valence-electron chi connectivity index (χ2n) is 5.10. The summed E-state index contributed by atoms with van der Waals surface area (Å²) in [6.45, 7) is 3.51. The van der Waals surface area contributed by atoms with Crippen LogP contribution in [0.1, 0.15) is 10.4 Å². The van der Waals surface area contributed by atoms with Crippen molar-refractivity contribution in [1.82, 2.24) is 0 Å². The summed E-state index contributed by atoms with van der Waals surface area (Å²) in [5, 5.41) is 2.66. The van der Waals surface area contributed by atoms with Crippen LogP contribution in [-0.4, -0.2) is 32.2 Å². The molecule has 2 rings (SSSR count). The van der Waals surface area contributed by atoms with Crippen LogP contribution in [0, 0.1) is 3.57 Å². The highest BCUT2D eigenvalue weighted by atomic mass is 127. The number of amides is 1. The Bertz CT molecular complexity index is 789. The van der Waals surface area contributed by atoms with Crippen molar-refractivity contribution in [2.24, 2.45) is 0 Å². The molecule has 0 saturated heterocycles. The molecule has 136 valence electrons. The Kier molecular flexibility index (Phi) is 7.46. The first kappa shape index (κ1) is 19.8. The molecular formula is C19H18INO5. The molecule has 0 aliphatic heterocycles. The van der Waals surface area contributed by atoms with Crippen LogP contribution in [0.3, 0.4) is 0 Å². The first-order chi connectivity index (χ1) is 12.5. The van der Waals surface area contributed by atoms with Crippen LogP contribution in [0.15, 0.2) is 55.1 Å².